The molecule has 81 heavy (non-hydrogen) atoms. The zero-order valence-corrected chi connectivity index (χ0v) is 46.0. The fourth-order valence-electron chi connectivity index (χ4n) is 10.7. The van der Waals surface area contributed by atoms with E-state index in [9.17, 15) is 58.5 Å². The van der Waals surface area contributed by atoms with Gasteiger partial charge in [0.2, 0.25) is 5.91 Å². The van der Waals surface area contributed by atoms with Gasteiger partial charge in [0.15, 0.2) is 12.3 Å². The molecule has 2 aromatic rings. The van der Waals surface area contributed by atoms with E-state index in [-0.39, 0.29) is 80.7 Å². The van der Waals surface area contributed by atoms with Crippen LogP contribution in [-0.4, -0.2) is 151 Å². The van der Waals surface area contributed by atoms with Crippen LogP contribution >= 0.6 is 0 Å². The van der Waals surface area contributed by atoms with Crippen LogP contribution in [0, 0.1) is 5.92 Å². The first-order chi connectivity index (χ1) is 38.8. The molecule has 21 nitrogen and oxygen atoms in total. The van der Waals surface area contributed by atoms with Crippen molar-refractivity contribution in [1.29, 1.82) is 0 Å². The number of ketones is 2. The summed E-state index contributed by atoms with van der Waals surface area (Å²) in [5.74, 6) is -5.84. The van der Waals surface area contributed by atoms with Gasteiger partial charge in [-0.05, 0) is 119 Å². The van der Waals surface area contributed by atoms with E-state index in [0.29, 0.717) is 133 Å². The lowest BCUT2D eigenvalue weighted by Gasteiger charge is -2.45. The Morgan fingerprint density at radius 3 is 1.94 bits per heavy atom. The van der Waals surface area contributed by atoms with Crippen molar-refractivity contribution in [2.45, 2.75) is 184 Å². The highest BCUT2D eigenvalue weighted by Crippen LogP contribution is 2.42. The lowest BCUT2D eigenvalue weighted by molar-refractivity contribution is -0.473. The number of urea groups is 1. The van der Waals surface area contributed by atoms with E-state index in [1.165, 1.54) is 9.30 Å². The monoisotopic (exact) mass is 1140 g/mol. The number of aliphatic carboxylic acids is 4. The van der Waals surface area contributed by atoms with Gasteiger partial charge in [-0.3, -0.25) is 28.8 Å². The van der Waals surface area contributed by atoms with Crippen LogP contribution in [0.4, 0.5) is 13.4 Å². The molecule has 4 amide bonds. The Morgan fingerprint density at radius 1 is 0.691 bits per heavy atom. The number of carboxylic acid groups (broad SMARTS) is 4. The molecule has 24 heteroatoms. The quantitative estimate of drug-likeness (QED) is 0.0239. The van der Waals surface area contributed by atoms with Crippen LogP contribution in [0.3, 0.4) is 0 Å². The third-order valence-corrected chi connectivity index (χ3v) is 15.0. The number of H-pyrrole nitrogens is 1. The van der Waals surface area contributed by atoms with Crippen molar-refractivity contribution in [3.05, 3.63) is 72.1 Å². The van der Waals surface area contributed by atoms with E-state index in [1.54, 1.807) is 24.4 Å². The second-order valence-corrected chi connectivity index (χ2v) is 21.3. The predicted octanol–water partition coefficient (Wildman–Crippen LogP) is 7.01. The number of carbonyl (C=O) groups is 9. The first-order valence-corrected chi connectivity index (χ1v) is 28.5. The van der Waals surface area contributed by atoms with Crippen molar-refractivity contribution in [2.75, 3.05) is 19.7 Å². The van der Waals surface area contributed by atoms with Gasteiger partial charge in [-0.2, -0.15) is 0 Å². The molecule has 2 saturated heterocycles. The van der Waals surface area contributed by atoms with Crippen LogP contribution in [0.2, 0.25) is 0 Å². The van der Waals surface area contributed by atoms with E-state index >= 15 is 8.63 Å². The largest absolute Gasteiger partial charge is 0.699 e. The summed E-state index contributed by atoms with van der Waals surface area (Å²) in [7, 11) is 0. The molecule has 1 aromatic carbocycles. The molecule has 0 spiro atoms. The molecule has 1 aromatic heterocycles. The Morgan fingerprint density at radius 2 is 1.30 bits per heavy atom. The lowest BCUT2D eigenvalue weighted by Crippen LogP contribution is -2.66. The molecule has 2 fully saturated rings. The van der Waals surface area contributed by atoms with Crippen molar-refractivity contribution in [1.82, 2.24) is 31.1 Å². The number of unbranched alkanes of at least 4 members (excludes halogenated alkanes) is 8. The Hall–Kier alpha value is -7.24. The molecule has 4 heterocycles. The second kappa shape index (κ2) is 33.5. The molecule has 0 saturated carbocycles. The topological polar surface area (TPSA) is 314 Å². The zero-order chi connectivity index (χ0) is 58.7. The number of hydrogen-bond donors (Lipinski definition) is 9. The minimum atomic E-state index is -3.97. The smallest absolute Gasteiger partial charge is 0.484 e. The van der Waals surface area contributed by atoms with Crippen molar-refractivity contribution in [3.63, 3.8) is 0 Å². The van der Waals surface area contributed by atoms with Gasteiger partial charge in [0.25, 0.3) is 5.91 Å². The second-order valence-electron chi connectivity index (χ2n) is 21.3. The zero-order valence-electron chi connectivity index (χ0n) is 46.0. The first kappa shape index (κ1) is 64.6. The standard InChI is InChI=1S/C57H80BF2N7O14/c59-58(60)66-41(25-26-42(66)37-43-27-31-50(67(43)58)47-19-13-35-61-47)24-21-39-22-28-46(29-23-39)81-38-52(71)63-33-11-4-8-16-44(68)15-7-3-5-14-40(54(74)75)36-45(69)17-6-1-2-9-20-51(70)62-34-12-10-18-48(55(76)77)64-57(80)65-49(56(78)79)30-32-53(72)73/h13,19,21-24,27-29,31,35,40-43,48-49,61H,1-12,14-18,20,25-26,30,32-34,36-38H2,(H,62,70)(H,63,71)(H,72,73)(H,74,75)(H,76,77)(H,78,79)(H2,64,65,80)/b24-21-/t40?,41?,42?,43?,48-,49-/m0/s1. The van der Waals surface area contributed by atoms with Crippen LogP contribution in [0.5, 0.6) is 5.75 Å². The molecule has 0 radical (unpaired) electrons. The van der Waals surface area contributed by atoms with Crippen molar-refractivity contribution >= 4 is 72.0 Å². The van der Waals surface area contributed by atoms with Crippen molar-refractivity contribution < 1.29 is 81.4 Å². The summed E-state index contributed by atoms with van der Waals surface area (Å²) in [6.45, 7) is -3.43. The SMILES string of the molecule is O=C(O)CC[C@H](NC(=O)N[C@@H](CCCCNC(=O)CCCCCCC(=O)CC(CCCCCC(=O)CCCCCNC(=O)COc1ccc(/C=C\C2CCC3CC4C=CC(c5ccc[nH]5)=[N+]4[B-](F)(F)N23)cc1)C(=O)O)C(=O)O)C(=O)O. The molecular formula is C57H80BF2N7O14. The number of halogens is 2. The number of fused-ring (bicyclic) bond motifs is 2. The number of carboxylic acids is 4. The molecule has 6 atom stereocenters. The van der Waals surface area contributed by atoms with Crippen molar-refractivity contribution in [3.8, 4) is 5.75 Å². The summed E-state index contributed by atoms with van der Waals surface area (Å²) >= 11 is 0. The number of carbonyl (C=O) groups excluding carboxylic acids is 5. The van der Waals surface area contributed by atoms with E-state index in [2.05, 4.69) is 26.3 Å². The number of allylic oxidation sites excluding steroid dienone is 1. The number of benzene rings is 1. The lowest BCUT2D eigenvalue weighted by atomic mass is 9.81. The summed E-state index contributed by atoms with van der Waals surface area (Å²) in [6.07, 6.45) is 19.2. The highest BCUT2D eigenvalue weighted by atomic mass is 19.2. The summed E-state index contributed by atoms with van der Waals surface area (Å²) in [5, 5.41) is 46.9. The van der Waals surface area contributed by atoms with Gasteiger partial charge in [-0.25, -0.2) is 14.4 Å². The van der Waals surface area contributed by atoms with E-state index in [0.717, 1.165) is 12.0 Å². The Kier molecular flexibility index (Phi) is 26.7. The maximum Gasteiger partial charge on any atom is 0.699 e. The number of aromatic amines is 1. The summed E-state index contributed by atoms with van der Waals surface area (Å²) in [5.41, 5.74) is 2.04. The number of nitrogens with zero attached hydrogens (tertiary/aromatic N) is 2. The van der Waals surface area contributed by atoms with Crippen LogP contribution in [0.15, 0.2) is 60.8 Å². The summed E-state index contributed by atoms with van der Waals surface area (Å²) in [4.78, 5) is 112. The third kappa shape index (κ3) is 22.0. The Labute approximate surface area is 470 Å². The van der Waals surface area contributed by atoms with E-state index < -0.39 is 67.3 Å². The minimum absolute atomic E-state index is 0.00380. The average molecular weight is 1140 g/mol. The molecule has 0 bridgehead atoms. The highest BCUT2D eigenvalue weighted by Gasteiger charge is 2.61. The maximum atomic E-state index is 16.2. The molecule has 4 unspecified atom stereocenters. The van der Waals surface area contributed by atoms with Crippen LogP contribution in [0.1, 0.15) is 165 Å². The fourth-order valence-corrected chi connectivity index (χ4v) is 10.7. The molecule has 3 aliphatic heterocycles. The van der Waals surface area contributed by atoms with E-state index in [1.807, 2.05) is 42.5 Å². The summed E-state index contributed by atoms with van der Waals surface area (Å²) < 4.78 is 39.4. The molecule has 9 N–H and O–H groups in total. The molecule has 5 rings (SSSR count). The first-order valence-electron chi connectivity index (χ1n) is 28.5. The average Bonchev–Trinajstić information content (AvgIpc) is 4.33. The number of nitrogens with one attached hydrogen (secondary N) is 5. The van der Waals surface area contributed by atoms with E-state index in [4.69, 9.17) is 9.84 Å². The van der Waals surface area contributed by atoms with Gasteiger partial charge in [0, 0.05) is 76.3 Å². The molecular weight excluding hydrogens is 1060 g/mol. The molecule has 3 aliphatic rings. The minimum Gasteiger partial charge on any atom is -0.484 e. The van der Waals surface area contributed by atoms with Gasteiger partial charge >= 0.3 is 36.9 Å². The number of amides is 4. The normalized spacial score (nSPS) is 18.3. The molecule has 0 aliphatic carbocycles. The van der Waals surface area contributed by atoms with Crippen LogP contribution in [0.25, 0.3) is 6.08 Å². The maximum absolute atomic E-state index is 16.2. The van der Waals surface area contributed by atoms with Gasteiger partial charge < -0.3 is 69.3 Å². The van der Waals surface area contributed by atoms with Gasteiger partial charge in [-0.15, -0.1) is 0 Å². The van der Waals surface area contributed by atoms with Gasteiger partial charge in [-0.1, -0.05) is 56.4 Å². The van der Waals surface area contributed by atoms with Crippen LogP contribution < -0.4 is 26.0 Å². The number of ether oxygens (including phenoxy) is 1. The van der Waals surface area contributed by atoms with Crippen molar-refractivity contribution in [2.24, 2.45) is 5.92 Å². The number of rotatable bonds is 40. The number of Topliss-reactive ketones (excluding diaryl/α,β-unsaturated/α-hetero) is 2. The highest BCUT2D eigenvalue weighted by molar-refractivity contribution is 6.56. The fraction of sp³-hybridized carbons (Fsp3) is 0.579. The number of aromatic nitrogens is 1. The van der Waals surface area contributed by atoms with Crippen LogP contribution in [-0.2, 0) is 38.4 Å². The predicted molar refractivity (Wildman–Crippen MR) is 297 cm³/mol. The number of hydrogen-bond acceptors (Lipinski definition) is 11. The Bertz CT molecular complexity index is 2540. The van der Waals surface area contributed by atoms with Gasteiger partial charge in [0.1, 0.15) is 41.1 Å². The summed E-state index contributed by atoms with van der Waals surface area (Å²) in [6, 6.07) is 5.97. The Balaban J connectivity index is 0.821. The third-order valence-electron chi connectivity index (χ3n) is 15.0. The molecule has 444 valence electrons. The van der Waals surface area contributed by atoms with Gasteiger partial charge in [0.05, 0.1) is 5.92 Å².